The molecule has 0 aromatic heterocycles. The van der Waals surface area contributed by atoms with Gasteiger partial charge in [-0.1, -0.05) is 24.3 Å². The molecule has 1 aliphatic heterocycles. The lowest BCUT2D eigenvalue weighted by Gasteiger charge is -2.36. The summed E-state index contributed by atoms with van der Waals surface area (Å²) in [5, 5.41) is 8.92. The molecule has 6 heteroatoms. The fourth-order valence-corrected chi connectivity index (χ4v) is 3.56. The molecule has 1 fully saturated rings. The Balaban J connectivity index is 1.43. The fraction of sp³-hybridized carbons (Fsp3) is 0.409. The number of carbonyl (C=O) groups is 1. The van der Waals surface area contributed by atoms with Crippen LogP contribution in [0.2, 0.25) is 0 Å². The summed E-state index contributed by atoms with van der Waals surface area (Å²) < 4.78 is 18.7. The second-order valence-corrected chi connectivity index (χ2v) is 7.38. The minimum absolute atomic E-state index is 0.101. The third-order valence-corrected chi connectivity index (χ3v) is 5.21. The smallest absolute Gasteiger partial charge is 0.317 e. The van der Waals surface area contributed by atoms with Gasteiger partial charge in [-0.2, -0.15) is 0 Å². The topological polar surface area (TPSA) is 53.0 Å². The van der Waals surface area contributed by atoms with Crippen LogP contribution >= 0.6 is 0 Å². The van der Waals surface area contributed by atoms with Gasteiger partial charge in [0.05, 0.1) is 6.54 Å². The molecule has 28 heavy (non-hydrogen) atoms. The van der Waals surface area contributed by atoms with Gasteiger partial charge in [-0.05, 0) is 68.4 Å². The van der Waals surface area contributed by atoms with Crippen molar-refractivity contribution < 1.29 is 19.0 Å². The number of hydrogen-bond acceptors (Lipinski definition) is 4. The molecule has 1 saturated heterocycles. The molecule has 0 spiro atoms. The van der Waals surface area contributed by atoms with E-state index >= 15 is 0 Å². The maximum Gasteiger partial charge on any atom is 0.317 e. The fourth-order valence-electron chi connectivity index (χ4n) is 3.56. The van der Waals surface area contributed by atoms with E-state index in [-0.39, 0.29) is 12.4 Å². The Kier molecular flexibility index (Phi) is 7.01. The number of benzene rings is 2. The van der Waals surface area contributed by atoms with Crippen molar-refractivity contribution in [1.82, 2.24) is 9.80 Å². The third-order valence-electron chi connectivity index (χ3n) is 5.21. The number of carboxylic acid groups (broad SMARTS) is 1. The van der Waals surface area contributed by atoms with Crippen LogP contribution in [0.1, 0.15) is 24.0 Å². The lowest BCUT2D eigenvalue weighted by atomic mass is 10.0. The first kappa shape index (κ1) is 20.3. The van der Waals surface area contributed by atoms with Crippen molar-refractivity contribution in [3.8, 4) is 5.75 Å². The molecule has 0 aliphatic carbocycles. The molecule has 150 valence electrons. The number of rotatable bonds is 8. The van der Waals surface area contributed by atoms with Gasteiger partial charge in [-0.25, -0.2) is 4.39 Å². The van der Waals surface area contributed by atoms with Gasteiger partial charge in [-0.3, -0.25) is 14.6 Å². The molecule has 1 aliphatic rings. The van der Waals surface area contributed by atoms with Gasteiger partial charge in [0, 0.05) is 12.6 Å². The van der Waals surface area contributed by atoms with Crippen LogP contribution in [-0.4, -0.2) is 53.6 Å². The molecular weight excluding hydrogens is 359 g/mol. The number of likely N-dealkylation sites (tertiary alicyclic amines) is 1. The van der Waals surface area contributed by atoms with Crippen LogP contribution in [0.3, 0.4) is 0 Å². The largest absolute Gasteiger partial charge is 0.489 e. The Morgan fingerprint density at radius 2 is 1.71 bits per heavy atom. The molecule has 0 unspecified atom stereocenters. The summed E-state index contributed by atoms with van der Waals surface area (Å²) in [6, 6.07) is 14.7. The van der Waals surface area contributed by atoms with Gasteiger partial charge in [0.2, 0.25) is 0 Å². The summed E-state index contributed by atoms with van der Waals surface area (Å²) >= 11 is 0. The molecule has 5 nitrogen and oxygen atoms in total. The van der Waals surface area contributed by atoms with Crippen LogP contribution in [0.15, 0.2) is 48.5 Å². The van der Waals surface area contributed by atoms with Crippen LogP contribution in [-0.2, 0) is 17.9 Å². The standard InChI is InChI=1S/C22H27FN2O3/c1-24(15-22(26)27)20-10-12-25(13-11-20)14-17-4-8-21(9-5-17)28-16-18-2-6-19(23)7-3-18/h2-9,20H,10-16H2,1H3,(H,26,27). The van der Waals surface area contributed by atoms with E-state index in [9.17, 15) is 9.18 Å². The molecule has 0 amide bonds. The molecule has 0 saturated carbocycles. The van der Waals surface area contributed by atoms with Gasteiger partial charge < -0.3 is 9.84 Å². The van der Waals surface area contributed by atoms with Crippen LogP contribution in [0.4, 0.5) is 4.39 Å². The Hall–Kier alpha value is -2.44. The third kappa shape index (κ3) is 6.04. The number of halogens is 1. The number of hydrogen-bond donors (Lipinski definition) is 1. The van der Waals surface area contributed by atoms with E-state index in [0.717, 1.165) is 43.8 Å². The zero-order chi connectivity index (χ0) is 19.9. The van der Waals surface area contributed by atoms with Crippen molar-refractivity contribution in [3.63, 3.8) is 0 Å². The number of piperidine rings is 1. The van der Waals surface area contributed by atoms with Gasteiger partial charge in [0.25, 0.3) is 0 Å². The minimum Gasteiger partial charge on any atom is -0.489 e. The molecule has 0 atom stereocenters. The van der Waals surface area contributed by atoms with E-state index in [1.54, 1.807) is 12.1 Å². The minimum atomic E-state index is -0.772. The van der Waals surface area contributed by atoms with Crippen molar-refractivity contribution in [1.29, 1.82) is 0 Å². The maximum atomic E-state index is 12.9. The maximum absolute atomic E-state index is 12.9. The Bertz CT molecular complexity index is 756. The molecule has 3 rings (SSSR count). The monoisotopic (exact) mass is 386 g/mol. The molecule has 1 heterocycles. The first-order valence-electron chi connectivity index (χ1n) is 9.60. The average Bonchev–Trinajstić information content (AvgIpc) is 2.69. The lowest BCUT2D eigenvalue weighted by Crippen LogP contribution is -2.44. The number of nitrogens with zero attached hydrogens (tertiary/aromatic N) is 2. The molecular formula is C22H27FN2O3. The number of ether oxygens (including phenoxy) is 1. The predicted octanol–water partition coefficient (Wildman–Crippen LogP) is 3.39. The van der Waals surface area contributed by atoms with Crippen molar-refractivity contribution >= 4 is 5.97 Å². The van der Waals surface area contributed by atoms with Gasteiger partial charge in [0.15, 0.2) is 0 Å². The van der Waals surface area contributed by atoms with E-state index in [0.29, 0.717) is 12.6 Å². The molecule has 1 N–H and O–H groups in total. The summed E-state index contributed by atoms with van der Waals surface area (Å²) in [5.41, 5.74) is 2.16. The van der Waals surface area contributed by atoms with E-state index in [4.69, 9.17) is 9.84 Å². The SMILES string of the molecule is CN(CC(=O)O)C1CCN(Cc2ccc(OCc3ccc(F)cc3)cc2)CC1. The van der Waals surface area contributed by atoms with Crippen molar-refractivity contribution in [2.24, 2.45) is 0 Å². The number of likely N-dealkylation sites (N-methyl/N-ethyl adjacent to an activating group) is 1. The van der Waals surface area contributed by atoms with Gasteiger partial charge in [0.1, 0.15) is 18.2 Å². The van der Waals surface area contributed by atoms with Gasteiger partial charge in [-0.15, -0.1) is 0 Å². The Morgan fingerprint density at radius 1 is 1.11 bits per heavy atom. The van der Waals surface area contributed by atoms with Crippen molar-refractivity contribution in [3.05, 3.63) is 65.5 Å². The zero-order valence-electron chi connectivity index (χ0n) is 16.2. The summed E-state index contributed by atoms with van der Waals surface area (Å²) in [4.78, 5) is 15.2. The molecule has 2 aromatic carbocycles. The van der Waals surface area contributed by atoms with E-state index in [2.05, 4.69) is 17.0 Å². The van der Waals surface area contributed by atoms with Crippen LogP contribution in [0, 0.1) is 5.82 Å². The quantitative estimate of drug-likeness (QED) is 0.754. The summed E-state index contributed by atoms with van der Waals surface area (Å²) in [5.74, 6) is -0.223. The number of carboxylic acids is 1. The second kappa shape index (κ2) is 9.66. The Morgan fingerprint density at radius 3 is 2.32 bits per heavy atom. The van der Waals surface area contributed by atoms with Gasteiger partial charge >= 0.3 is 5.97 Å². The normalized spacial score (nSPS) is 15.7. The highest BCUT2D eigenvalue weighted by molar-refractivity contribution is 5.69. The lowest BCUT2D eigenvalue weighted by molar-refractivity contribution is -0.138. The first-order chi connectivity index (χ1) is 13.5. The van der Waals surface area contributed by atoms with Crippen LogP contribution in [0.25, 0.3) is 0 Å². The average molecular weight is 386 g/mol. The highest BCUT2D eigenvalue weighted by Crippen LogP contribution is 2.19. The van der Waals surface area contributed by atoms with Crippen molar-refractivity contribution in [2.75, 3.05) is 26.7 Å². The zero-order valence-corrected chi connectivity index (χ0v) is 16.2. The van der Waals surface area contributed by atoms with Crippen molar-refractivity contribution in [2.45, 2.75) is 32.0 Å². The molecule has 2 aromatic rings. The molecule has 0 radical (unpaired) electrons. The number of aliphatic carboxylic acids is 1. The second-order valence-electron chi connectivity index (χ2n) is 7.38. The highest BCUT2D eigenvalue weighted by atomic mass is 19.1. The summed E-state index contributed by atoms with van der Waals surface area (Å²) in [7, 11) is 1.89. The van der Waals surface area contributed by atoms with Crippen LogP contribution in [0.5, 0.6) is 5.75 Å². The molecule has 0 bridgehead atoms. The highest BCUT2D eigenvalue weighted by Gasteiger charge is 2.23. The predicted molar refractivity (Wildman–Crippen MR) is 106 cm³/mol. The van der Waals surface area contributed by atoms with E-state index in [1.807, 2.05) is 24.1 Å². The van der Waals surface area contributed by atoms with E-state index < -0.39 is 5.97 Å². The summed E-state index contributed by atoms with van der Waals surface area (Å²) in [6.45, 7) is 3.34. The first-order valence-corrected chi connectivity index (χ1v) is 9.60. The van der Waals surface area contributed by atoms with E-state index in [1.165, 1.54) is 17.7 Å². The Labute approximate surface area is 165 Å². The van der Waals surface area contributed by atoms with Crippen LogP contribution < -0.4 is 4.74 Å². The summed E-state index contributed by atoms with van der Waals surface area (Å²) in [6.07, 6.45) is 1.98.